The standard InChI is InChI=1S/C25H27Cl2N7O2/c1-31-10-11-33(13-18(31)14-35)17-8-6-16(7-9-17)29-25-28-12-19-23(30-25)32(2)15-34(24(19)36)22-20(26)4-3-5-21(22)27/h3-9,12,18,35H,10-11,13-15H2,1-2H3,(H,28,29,30)/t18-/m1/s1. The number of rotatable bonds is 5. The number of para-hydroxylation sites is 1. The summed E-state index contributed by atoms with van der Waals surface area (Å²) in [5, 5.41) is 13.6. The SMILES string of the molecule is CN1CN(c2c(Cl)cccc2Cl)C(=O)c2cnc(Nc3ccc(N4CCN(C)[C@@H](CO)C4)cc3)nc21. The summed E-state index contributed by atoms with van der Waals surface area (Å²) >= 11 is 12.7. The normalized spacial score (nSPS) is 18.4. The van der Waals surface area contributed by atoms with E-state index < -0.39 is 0 Å². The van der Waals surface area contributed by atoms with Crippen LogP contribution in [0.2, 0.25) is 10.0 Å². The summed E-state index contributed by atoms with van der Waals surface area (Å²) in [4.78, 5) is 30.1. The number of carbonyl (C=O) groups is 1. The topological polar surface area (TPSA) is 88.1 Å². The van der Waals surface area contributed by atoms with Crippen molar-refractivity contribution >= 4 is 57.9 Å². The summed E-state index contributed by atoms with van der Waals surface area (Å²) in [6.45, 7) is 2.98. The van der Waals surface area contributed by atoms with E-state index in [9.17, 15) is 9.90 Å². The van der Waals surface area contributed by atoms with E-state index in [0.717, 1.165) is 31.0 Å². The molecule has 1 saturated heterocycles. The number of aromatic nitrogens is 2. The smallest absolute Gasteiger partial charge is 0.265 e. The minimum Gasteiger partial charge on any atom is -0.395 e. The van der Waals surface area contributed by atoms with Crippen LogP contribution in [0.3, 0.4) is 0 Å². The number of nitrogens with zero attached hydrogens (tertiary/aromatic N) is 6. The van der Waals surface area contributed by atoms with Crippen molar-refractivity contribution in [1.82, 2.24) is 14.9 Å². The van der Waals surface area contributed by atoms with E-state index in [1.165, 1.54) is 11.1 Å². The zero-order chi connectivity index (χ0) is 25.4. The first-order valence-corrected chi connectivity index (χ1v) is 12.4. The van der Waals surface area contributed by atoms with E-state index in [2.05, 4.69) is 25.1 Å². The van der Waals surface area contributed by atoms with E-state index in [1.54, 1.807) is 18.2 Å². The van der Waals surface area contributed by atoms with Crippen LogP contribution < -0.4 is 20.0 Å². The molecule has 0 aliphatic carbocycles. The first-order valence-electron chi connectivity index (χ1n) is 11.6. The minimum absolute atomic E-state index is 0.130. The average molecular weight is 528 g/mol. The van der Waals surface area contributed by atoms with E-state index in [4.69, 9.17) is 23.2 Å². The number of likely N-dealkylation sites (N-methyl/N-ethyl adjacent to an activating group) is 1. The largest absolute Gasteiger partial charge is 0.395 e. The molecule has 188 valence electrons. The van der Waals surface area contributed by atoms with Crippen LogP contribution in [0.15, 0.2) is 48.7 Å². The van der Waals surface area contributed by atoms with Crippen molar-refractivity contribution in [1.29, 1.82) is 0 Å². The second-order valence-electron chi connectivity index (χ2n) is 9.01. The maximum Gasteiger partial charge on any atom is 0.265 e. The number of piperazine rings is 1. The third-order valence-electron chi connectivity index (χ3n) is 6.64. The summed E-state index contributed by atoms with van der Waals surface area (Å²) in [6, 6.07) is 13.3. The minimum atomic E-state index is -0.262. The molecule has 1 aromatic heterocycles. The van der Waals surface area contributed by atoms with Crippen molar-refractivity contribution in [3.63, 3.8) is 0 Å². The molecule has 2 aliphatic rings. The molecule has 1 atom stereocenters. The van der Waals surface area contributed by atoms with Crippen LogP contribution in [-0.2, 0) is 0 Å². The number of hydrogen-bond donors (Lipinski definition) is 2. The van der Waals surface area contributed by atoms with Gasteiger partial charge >= 0.3 is 0 Å². The van der Waals surface area contributed by atoms with Crippen LogP contribution in [0.1, 0.15) is 10.4 Å². The molecule has 2 aliphatic heterocycles. The van der Waals surface area contributed by atoms with Gasteiger partial charge in [0.1, 0.15) is 11.4 Å². The summed E-state index contributed by atoms with van der Waals surface area (Å²) in [5.41, 5.74) is 2.77. The van der Waals surface area contributed by atoms with Crippen molar-refractivity contribution in [3.8, 4) is 0 Å². The van der Waals surface area contributed by atoms with Gasteiger partial charge in [0.15, 0.2) is 0 Å². The fraction of sp³-hybridized carbons (Fsp3) is 0.320. The lowest BCUT2D eigenvalue weighted by molar-refractivity contribution is 0.0982. The number of aliphatic hydroxyl groups excluding tert-OH is 1. The molecule has 5 rings (SSSR count). The summed E-state index contributed by atoms with van der Waals surface area (Å²) in [5.74, 6) is 0.661. The number of amides is 1. The number of hydrogen-bond acceptors (Lipinski definition) is 8. The predicted molar refractivity (Wildman–Crippen MR) is 144 cm³/mol. The third kappa shape index (κ3) is 4.67. The van der Waals surface area contributed by atoms with E-state index in [0.29, 0.717) is 33.1 Å². The quantitative estimate of drug-likeness (QED) is 0.519. The van der Waals surface area contributed by atoms with Crippen molar-refractivity contribution in [2.45, 2.75) is 6.04 Å². The fourth-order valence-electron chi connectivity index (χ4n) is 4.55. The Morgan fingerprint density at radius 1 is 1.08 bits per heavy atom. The molecule has 0 saturated carbocycles. The second kappa shape index (κ2) is 10.1. The predicted octanol–water partition coefficient (Wildman–Crippen LogP) is 3.69. The molecule has 1 fully saturated rings. The zero-order valence-electron chi connectivity index (χ0n) is 20.0. The highest BCUT2D eigenvalue weighted by molar-refractivity contribution is 6.40. The number of benzene rings is 2. The van der Waals surface area contributed by atoms with Crippen LogP contribution in [0.25, 0.3) is 0 Å². The van der Waals surface area contributed by atoms with Gasteiger partial charge in [-0.3, -0.25) is 14.6 Å². The van der Waals surface area contributed by atoms with Gasteiger partial charge in [0.2, 0.25) is 5.95 Å². The van der Waals surface area contributed by atoms with Gasteiger partial charge in [0.25, 0.3) is 5.91 Å². The molecule has 0 radical (unpaired) electrons. The van der Waals surface area contributed by atoms with Gasteiger partial charge in [-0.15, -0.1) is 0 Å². The molecule has 3 aromatic rings. The van der Waals surface area contributed by atoms with Crippen LogP contribution in [-0.4, -0.2) is 78.9 Å². The van der Waals surface area contributed by atoms with Gasteiger partial charge in [-0.2, -0.15) is 4.98 Å². The molecule has 2 N–H and O–H groups in total. The molecule has 0 bridgehead atoms. The number of aliphatic hydroxyl groups is 1. The van der Waals surface area contributed by atoms with Crippen molar-refractivity contribution in [3.05, 3.63) is 64.3 Å². The highest BCUT2D eigenvalue weighted by atomic mass is 35.5. The zero-order valence-corrected chi connectivity index (χ0v) is 21.5. The second-order valence-corrected chi connectivity index (χ2v) is 9.82. The fourth-order valence-corrected chi connectivity index (χ4v) is 5.15. The Labute approximate surface area is 219 Å². The third-order valence-corrected chi connectivity index (χ3v) is 7.25. The van der Waals surface area contributed by atoms with Gasteiger partial charge < -0.3 is 20.2 Å². The Morgan fingerprint density at radius 2 is 1.81 bits per heavy atom. The molecule has 9 nitrogen and oxygen atoms in total. The van der Waals surface area contributed by atoms with E-state index >= 15 is 0 Å². The first-order chi connectivity index (χ1) is 17.4. The number of nitrogens with one attached hydrogen (secondary N) is 1. The van der Waals surface area contributed by atoms with Gasteiger partial charge in [0.05, 0.1) is 35.1 Å². The van der Waals surface area contributed by atoms with Gasteiger partial charge in [-0.1, -0.05) is 29.3 Å². The molecule has 0 spiro atoms. The number of halogens is 2. The molecule has 2 aromatic carbocycles. The Balaban J connectivity index is 1.32. The Morgan fingerprint density at radius 3 is 2.50 bits per heavy atom. The molecular formula is C25H27Cl2N7O2. The van der Waals surface area contributed by atoms with E-state index in [1.807, 2.05) is 43.3 Å². The van der Waals surface area contributed by atoms with Gasteiger partial charge in [-0.05, 0) is 43.4 Å². The highest BCUT2D eigenvalue weighted by Gasteiger charge is 2.32. The van der Waals surface area contributed by atoms with Gasteiger partial charge in [0, 0.05) is 44.3 Å². The number of anilines is 5. The van der Waals surface area contributed by atoms with E-state index in [-0.39, 0.29) is 25.2 Å². The highest BCUT2D eigenvalue weighted by Crippen LogP contribution is 2.37. The molecule has 36 heavy (non-hydrogen) atoms. The molecule has 1 amide bonds. The van der Waals surface area contributed by atoms with Gasteiger partial charge in [-0.25, -0.2) is 4.98 Å². The summed E-state index contributed by atoms with van der Waals surface area (Å²) in [6.07, 6.45) is 1.52. The van der Waals surface area contributed by atoms with Crippen molar-refractivity contribution in [2.75, 3.05) is 67.0 Å². The number of carbonyl (C=O) groups excluding carboxylic acids is 1. The van der Waals surface area contributed by atoms with Crippen LogP contribution in [0.5, 0.6) is 0 Å². The summed E-state index contributed by atoms with van der Waals surface area (Å²) < 4.78 is 0. The van der Waals surface area contributed by atoms with Crippen LogP contribution in [0.4, 0.5) is 28.8 Å². The lowest BCUT2D eigenvalue weighted by atomic mass is 10.1. The Kier molecular flexibility index (Phi) is 6.90. The Hall–Kier alpha value is -3.11. The van der Waals surface area contributed by atoms with Crippen LogP contribution in [0, 0.1) is 0 Å². The number of fused-ring (bicyclic) bond motifs is 1. The lowest BCUT2D eigenvalue weighted by Gasteiger charge is -2.39. The van der Waals surface area contributed by atoms with Crippen molar-refractivity contribution in [2.24, 2.45) is 0 Å². The Bertz CT molecular complexity index is 1250. The first kappa shape index (κ1) is 24.6. The monoisotopic (exact) mass is 527 g/mol. The molecule has 11 heteroatoms. The van der Waals surface area contributed by atoms with Crippen LogP contribution >= 0.6 is 23.2 Å². The molecule has 3 heterocycles. The molecule has 0 unspecified atom stereocenters. The maximum absolute atomic E-state index is 13.2. The van der Waals surface area contributed by atoms with Crippen molar-refractivity contribution < 1.29 is 9.90 Å². The molecular weight excluding hydrogens is 501 g/mol. The maximum atomic E-state index is 13.2. The average Bonchev–Trinajstić information content (AvgIpc) is 2.87. The lowest BCUT2D eigenvalue weighted by Crippen LogP contribution is -2.53. The summed E-state index contributed by atoms with van der Waals surface area (Å²) in [7, 11) is 3.89.